The molecule has 15 heavy (non-hydrogen) atoms. The Kier molecular flexibility index (Phi) is 4.58. The third-order valence-corrected chi connectivity index (χ3v) is 3.67. The lowest BCUT2D eigenvalue weighted by molar-refractivity contribution is -0.141. The third-order valence-electron chi connectivity index (χ3n) is 3.67. The molecule has 1 aliphatic rings. The van der Waals surface area contributed by atoms with Crippen LogP contribution in [0.4, 0.5) is 0 Å². The first-order valence-electron chi connectivity index (χ1n) is 5.97. The Labute approximate surface area is 92.3 Å². The summed E-state index contributed by atoms with van der Waals surface area (Å²) in [4.78, 5) is 10.7. The van der Waals surface area contributed by atoms with Crippen LogP contribution in [-0.2, 0) is 4.79 Å². The van der Waals surface area contributed by atoms with Crippen molar-refractivity contribution in [1.29, 1.82) is 0 Å². The van der Waals surface area contributed by atoms with Gasteiger partial charge in [-0.2, -0.15) is 0 Å². The zero-order chi connectivity index (χ0) is 11.4. The highest BCUT2D eigenvalue weighted by Gasteiger charge is 2.23. The molecule has 0 amide bonds. The highest BCUT2D eigenvalue weighted by atomic mass is 16.4. The van der Waals surface area contributed by atoms with E-state index in [0.717, 1.165) is 18.4 Å². The van der Waals surface area contributed by atoms with Crippen LogP contribution in [0.1, 0.15) is 40.0 Å². The van der Waals surface area contributed by atoms with E-state index in [-0.39, 0.29) is 12.0 Å². The van der Waals surface area contributed by atoms with Crippen molar-refractivity contribution in [2.24, 2.45) is 17.8 Å². The molecule has 88 valence electrons. The Morgan fingerprint density at radius 1 is 1.47 bits per heavy atom. The van der Waals surface area contributed by atoms with Crippen LogP contribution < -0.4 is 5.32 Å². The van der Waals surface area contributed by atoms with Crippen LogP contribution in [-0.4, -0.2) is 23.7 Å². The fourth-order valence-corrected chi connectivity index (χ4v) is 2.25. The number of hydrogen-bond acceptors (Lipinski definition) is 2. The first-order valence-corrected chi connectivity index (χ1v) is 5.97. The van der Waals surface area contributed by atoms with Crippen molar-refractivity contribution < 1.29 is 9.90 Å². The van der Waals surface area contributed by atoms with Crippen LogP contribution in [0.2, 0.25) is 0 Å². The molecular weight excluding hydrogens is 190 g/mol. The minimum Gasteiger partial charge on any atom is -0.481 e. The van der Waals surface area contributed by atoms with E-state index in [1.54, 1.807) is 6.92 Å². The van der Waals surface area contributed by atoms with Gasteiger partial charge in [0.1, 0.15) is 0 Å². The topological polar surface area (TPSA) is 49.3 Å². The molecule has 0 spiro atoms. The number of carboxylic acids is 1. The van der Waals surface area contributed by atoms with E-state index >= 15 is 0 Å². The highest BCUT2D eigenvalue weighted by Crippen LogP contribution is 2.29. The maximum atomic E-state index is 10.7. The fourth-order valence-electron chi connectivity index (χ4n) is 2.25. The Balaban J connectivity index is 2.22. The zero-order valence-electron chi connectivity index (χ0n) is 9.99. The average molecular weight is 213 g/mol. The second-order valence-corrected chi connectivity index (χ2v) is 5.11. The second-order valence-electron chi connectivity index (χ2n) is 5.11. The van der Waals surface area contributed by atoms with Gasteiger partial charge in [0.2, 0.25) is 0 Å². The van der Waals surface area contributed by atoms with E-state index in [2.05, 4.69) is 12.2 Å². The molecule has 0 aliphatic heterocycles. The van der Waals surface area contributed by atoms with Gasteiger partial charge >= 0.3 is 5.97 Å². The van der Waals surface area contributed by atoms with Gasteiger partial charge in [0, 0.05) is 6.04 Å². The molecule has 0 aromatic carbocycles. The highest BCUT2D eigenvalue weighted by molar-refractivity contribution is 5.70. The normalized spacial score (nSPS) is 30.1. The van der Waals surface area contributed by atoms with Gasteiger partial charge in [-0.3, -0.25) is 4.79 Å². The van der Waals surface area contributed by atoms with Crippen LogP contribution in [0.25, 0.3) is 0 Å². The summed E-state index contributed by atoms with van der Waals surface area (Å²) in [6.45, 7) is 6.99. The zero-order valence-corrected chi connectivity index (χ0v) is 9.99. The molecular formula is C12H23NO2. The van der Waals surface area contributed by atoms with Gasteiger partial charge in [0.15, 0.2) is 0 Å². The van der Waals surface area contributed by atoms with Crippen molar-refractivity contribution in [2.45, 2.75) is 46.1 Å². The Hall–Kier alpha value is -0.570. The maximum Gasteiger partial charge on any atom is 0.307 e. The number of aliphatic carboxylic acids is 1. The summed E-state index contributed by atoms with van der Waals surface area (Å²) in [5.41, 5.74) is 0. The molecule has 1 saturated carbocycles. The molecule has 0 bridgehead atoms. The summed E-state index contributed by atoms with van der Waals surface area (Å²) < 4.78 is 0. The monoisotopic (exact) mass is 213 g/mol. The van der Waals surface area contributed by atoms with Crippen molar-refractivity contribution in [2.75, 3.05) is 6.54 Å². The predicted molar refractivity (Wildman–Crippen MR) is 60.8 cm³/mol. The molecule has 1 rings (SSSR count). The number of carbonyl (C=O) groups is 1. The summed E-state index contributed by atoms with van der Waals surface area (Å²) in [7, 11) is 0. The van der Waals surface area contributed by atoms with E-state index in [4.69, 9.17) is 5.11 Å². The predicted octanol–water partition coefficient (Wildman–Crippen LogP) is 2.12. The number of hydrogen-bond donors (Lipinski definition) is 2. The summed E-state index contributed by atoms with van der Waals surface area (Å²) in [5.74, 6) is 0.589. The molecule has 2 N–H and O–H groups in total. The Bertz CT molecular complexity index is 218. The molecule has 4 atom stereocenters. The van der Waals surface area contributed by atoms with Crippen LogP contribution in [0, 0.1) is 17.8 Å². The van der Waals surface area contributed by atoms with Crippen molar-refractivity contribution in [3.05, 3.63) is 0 Å². The summed E-state index contributed by atoms with van der Waals surface area (Å²) in [6.07, 6.45) is 3.92. The minimum absolute atomic E-state index is 0.0680. The van der Waals surface area contributed by atoms with Crippen LogP contribution in [0.15, 0.2) is 0 Å². The molecule has 3 nitrogen and oxygen atoms in total. The molecule has 0 heterocycles. The first-order chi connectivity index (χ1) is 7.00. The lowest BCUT2D eigenvalue weighted by atomic mass is 10.0. The molecule has 0 aromatic rings. The Morgan fingerprint density at radius 2 is 2.13 bits per heavy atom. The Morgan fingerprint density at radius 3 is 2.60 bits per heavy atom. The van der Waals surface area contributed by atoms with Gasteiger partial charge in [-0.1, -0.05) is 20.3 Å². The summed E-state index contributed by atoms with van der Waals surface area (Å²) in [6, 6.07) is 0.0680. The smallest absolute Gasteiger partial charge is 0.307 e. The van der Waals surface area contributed by atoms with E-state index in [1.807, 2.05) is 6.92 Å². The number of nitrogens with one attached hydrogen (secondary N) is 1. The standard InChI is InChI=1S/C12H23NO2/c1-8-4-5-11(6-8)7-13-10(3)9(2)12(14)15/h8-11,13H,4-7H2,1-3H3,(H,14,15). The minimum atomic E-state index is -0.713. The van der Waals surface area contributed by atoms with Gasteiger partial charge in [-0.25, -0.2) is 0 Å². The van der Waals surface area contributed by atoms with E-state index in [9.17, 15) is 4.79 Å². The molecule has 1 aliphatic carbocycles. The molecule has 3 heteroatoms. The van der Waals surface area contributed by atoms with Crippen molar-refractivity contribution in [1.82, 2.24) is 5.32 Å². The molecule has 1 fully saturated rings. The van der Waals surface area contributed by atoms with Gasteiger partial charge in [0.05, 0.1) is 5.92 Å². The molecule has 0 saturated heterocycles. The lowest BCUT2D eigenvalue weighted by Crippen LogP contribution is -2.38. The van der Waals surface area contributed by atoms with Crippen LogP contribution in [0.3, 0.4) is 0 Å². The number of rotatable bonds is 5. The van der Waals surface area contributed by atoms with Gasteiger partial charge in [-0.15, -0.1) is 0 Å². The lowest BCUT2D eigenvalue weighted by Gasteiger charge is -2.20. The summed E-state index contributed by atoms with van der Waals surface area (Å²) >= 11 is 0. The maximum absolute atomic E-state index is 10.7. The molecule has 0 radical (unpaired) electrons. The fraction of sp³-hybridized carbons (Fsp3) is 0.917. The quantitative estimate of drug-likeness (QED) is 0.735. The van der Waals surface area contributed by atoms with Gasteiger partial charge in [0.25, 0.3) is 0 Å². The van der Waals surface area contributed by atoms with Crippen molar-refractivity contribution >= 4 is 5.97 Å². The SMILES string of the molecule is CC1CCC(CNC(C)C(C)C(=O)O)C1. The summed E-state index contributed by atoms with van der Waals surface area (Å²) in [5, 5.41) is 12.2. The van der Waals surface area contributed by atoms with Gasteiger partial charge < -0.3 is 10.4 Å². The van der Waals surface area contributed by atoms with Crippen molar-refractivity contribution in [3.63, 3.8) is 0 Å². The van der Waals surface area contributed by atoms with Crippen LogP contribution in [0.5, 0.6) is 0 Å². The average Bonchev–Trinajstić information content (AvgIpc) is 2.59. The van der Waals surface area contributed by atoms with E-state index in [0.29, 0.717) is 0 Å². The van der Waals surface area contributed by atoms with E-state index < -0.39 is 5.97 Å². The first kappa shape index (κ1) is 12.5. The second kappa shape index (κ2) is 5.50. The molecule has 0 aromatic heterocycles. The van der Waals surface area contributed by atoms with E-state index in [1.165, 1.54) is 19.3 Å². The largest absolute Gasteiger partial charge is 0.481 e. The molecule has 4 unspecified atom stereocenters. The van der Waals surface area contributed by atoms with Gasteiger partial charge in [-0.05, 0) is 38.1 Å². The number of carboxylic acid groups (broad SMARTS) is 1. The van der Waals surface area contributed by atoms with Crippen molar-refractivity contribution in [3.8, 4) is 0 Å². The third kappa shape index (κ3) is 3.82. The van der Waals surface area contributed by atoms with Crippen LogP contribution >= 0.6 is 0 Å².